The Hall–Kier alpha value is -4.25. The summed E-state index contributed by atoms with van der Waals surface area (Å²) in [7, 11) is -2.13. The van der Waals surface area contributed by atoms with Crippen LogP contribution in [0.15, 0.2) is 42.6 Å². The number of nitrogens with one attached hydrogen (secondary N) is 1. The van der Waals surface area contributed by atoms with E-state index in [4.69, 9.17) is 14.1 Å². The Morgan fingerprint density at radius 2 is 1.80 bits per heavy atom. The summed E-state index contributed by atoms with van der Waals surface area (Å²) in [6.07, 6.45) is 1.16. The quantitative estimate of drug-likeness (QED) is 0.279. The minimum atomic E-state index is -2.13. The molecule has 0 fully saturated rings. The first-order chi connectivity index (χ1) is 20.4. The number of rotatable bonds is 6. The number of nitrogens with zero attached hydrogens (tertiary/aromatic N) is 5. The molecule has 1 aromatic heterocycles. The molecule has 9 nitrogen and oxygen atoms in total. The van der Waals surface area contributed by atoms with Crippen molar-refractivity contribution < 1.29 is 14.0 Å². The van der Waals surface area contributed by atoms with Crippen molar-refractivity contribution in [2.75, 3.05) is 23.4 Å². The third kappa shape index (κ3) is 6.77. The first-order valence-electron chi connectivity index (χ1n) is 14.7. The number of anilines is 3. The third-order valence-electron chi connectivity index (χ3n) is 8.39. The van der Waals surface area contributed by atoms with E-state index in [2.05, 4.69) is 63.2 Å². The molecule has 1 aliphatic heterocycles. The maximum Gasteiger partial charge on any atom is 0.414 e. The zero-order valence-electron chi connectivity index (χ0n) is 27.4. The lowest BCUT2D eigenvalue weighted by atomic mass is 9.83. The number of carbonyl (C=O) groups is 1. The van der Waals surface area contributed by atoms with Gasteiger partial charge in [-0.25, -0.2) is 14.8 Å². The van der Waals surface area contributed by atoms with Gasteiger partial charge >= 0.3 is 6.09 Å². The van der Waals surface area contributed by atoms with Gasteiger partial charge in [0, 0.05) is 36.0 Å². The van der Waals surface area contributed by atoms with E-state index >= 15 is 0 Å². The summed E-state index contributed by atoms with van der Waals surface area (Å²) in [6.45, 7) is 21.2. The van der Waals surface area contributed by atoms with Gasteiger partial charge in [0.2, 0.25) is 5.95 Å². The van der Waals surface area contributed by atoms with E-state index < -0.39 is 25.4 Å². The Bertz CT molecular complexity index is 1680. The SMILES string of the molecule is Cc1ccc(C#N)cc1Nc1nccc(-c2cc(C#N)c3c(c2)[C@@](C)(CO[Si](C)(C)C(C)(C)C)CN3C(=O)OC(C)(C)C)n1. The van der Waals surface area contributed by atoms with Crippen LogP contribution < -0.4 is 10.2 Å². The molecule has 230 valence electrons. The highest BCUT2D eigenvalue weighted by Gasteiger charge is 2.47. The monoisotopic (exact) mass is 610 g/mol. The second-order valence-electron chi connectivity index (χ2n) is 14.2. The van der Waals surface area contributed by atoms with E-state index in [0.29, 0.717) is 41.6 Å². The van der Waals surface area contributed by atoms with Gasteiger partial charge in [-0.1, -0.05) is 33.8 Å². The molecule has 1 amide bonds. The third-order valence-corrected chi connectivity index (χ3v) is 12.9. The van der Waals surface area contributed by atoms with Crippen LogP contribution in [0.5, 0.6) is 0 Å². The fourth-order valence-electron chi connectivity index (χ4n) is 4.81. The maximum absolute atomic E-state index is 13.5. The molecule has 1 N–H and O–H groups in total. The molecule has 0 unspecified atom stereocenters. The second kappa shape index (κ2) is 11.7. The lowest BCUT2D eigenvalue weighted by molar-refractivity contribution is 0.0575. The Balaban J connectivity index is 1.80. The minimum absolute atomic E-state index is 0.00474. The smallest absolute Gasteiger partial charge is 0.414 e. The highest BCUT2D eigenvalue weighted by atomic mass is 28.4. The summed E-state index contributed by atoms with van der Waals surface area (Å²) in [5.74, 6) is 0.360. The summed E-state index contributed by atoms with van der Waals surface area (Å²) in [4.78, 5) is 24.2. The summed E-state index contributed by atoms with van der Waals surface area (Å²) in [6, 6.07) is 15.4. The standard InChI is InChI=1S/C34H42N6O3Si/c1-22-11-12-23(18-35)15-28(22)39-30-37-14-13-27(38-30)24-16-25(19-36)29-26(17-24)34(8,21-42-44(9,10)33(5,6)7)20-40(29)31(41)43-32(2,3)4/h11-17H,20-21H2,1-10H3,(H,37,38,39)/t34-/m1/s1. The Morgan fingerprint density at radius 3 is 2.41 bits per heavy atom. The summed E-state index contributed by atoms with van der Waals surface area (Å²) in [5, 5.41) is 22.9. The van der Waals surface area contributed by atoms with Crippen LogP contribution in [0, 0.1) is 29.6 Å². The summed E-state index contributed by atoms with van der Waals surface area (Å²) in [5.41, 5.74) is 3.97. The van der Waals surface area contributed by atoms with Crippen molar-refractivity contribution >= 4 is 31.7 Å². The predicted octanol–water partition coefficient (Wildman–Crippen LogP) is 7.97. The maximum atomic E-state index is 13.5. The van der Waals surface area contributed by atoms with Gasteiger partial charge in [-0.05, 0) is 87.3 Å². The number of nitriles is 2. The highest BCUT2D eigenvalue weighted by Crippen LogP contribution is 2.47. The molecule has 3 aromatic rings. The molecule has 10 heteroatoms. The summed E-state index contributed by atoms with van der Waals surface area (Å²) >= 11 is 0. The van der Waals surface area contributed by atoms with Crippen LogP contribution in [0.25, 0.3) is 11.3 Å². The molecule has 2 heterocycles. The predicted molar refractivity (Wildman–Crippen MR) is 175 cm³/mol. The Morgan fingerprint density at radius 1 is 1.09 bits per heavy atom. The molecular formula is C34H42N6O3Si. The Labute approximate surface area is 262 Å². The number of hydrogen-bond acceptors (Lipinski definition) is 8. The van der Waals surface area contributed by atoms with E-state index in [1.54, 1.807) is 35.4 Å². The largest absolute Gasteiger partial charge is 0.443 e. The second-order valence-corrected chi connectivity index (χ2v) is 19.0. The van der Waals surface area contributed by atoms with Gasteiger partial charge in [-0.3, -0.25) is 4.90 Å². The topological polar surface area (TPSA) is 124 Å². The van der Waals surface area contributed by atoms with E-state index in [1.165, 1.54) is 0 Å². The number of hydrogen-bond donors (Lipinski definition) is 1. The van der Waals surface area contributed by atoms with Crippen molar-refractivity contribution in [3.05, 3.63) is 64.8 Å². The lowest BCUT2D eigenvalue weighted by Crippen LogP contribution is -2.46. The van der Waals surface area contributed by atoms with Gasteiger partial charge in [0.05, 0.1) is 28.6 Å². The molecule has 44 heavy (non-hydrogen) atoms. The minimum Gasteiger partial charge on any atom is -0.443 e. The number of aryl methyl sites for hydroxylation is 1. The summed E-state index contributed by atoms with van der Waals surface area (Å²) < 4.78 is 12.5. The fraction of sp³-hybridized carbons (Fsp3) is 0.441. The van der Waals surface area contributed by atoms with Crippen molar-refractivity contribution in [3.8, 4) is 23.4 Å². The van der Waals surface area contributed by atoms with Crippen LogP contribution in [0.4, 0.5) is 22.1 Å². The number of amides is 1. The van der Waals surface area contributed by atoms with Gasteiger partial charge in [-0.15, -0.1) is 0 Å². The molecule has 2 aromatic carbocycles. The molecule has 0 bridgehead atoms. The van der Waals surface area contributed by atoms with Crippen LogP contribution in [0.3, 0.4) is 0 Å². The molecule has 1 aliphatic rings. The average Bonchev–Trinajstić information content (AvgIpc) is 3.24. The first kappa shape index (κ1) is 32.7. The molecule has 4 rings (SSSR count). The molecule has 0 saturated heterocycles. The van der Waals surface area contributed by atoms with Crippen molar-refractivity contribution in [1.82, 2.24) is 9.97 Å². The lowest BCUT2D eigenvalue weighted by Gasteiger charge is -2.39. The molecule has 1 atom stereocenters. The van der Waals surface area contributed by atoms with Crippen LogP contribution in [0.2, 0.25) is 18.1 Å². The van der Waals surface area contributed by atoms with Crippen LogP contribution in [0.1, 0.15) is 70.7 Å². The van der Waals surface area contributed by atoms with Gasteiger partial charge in [-0.2, -0.15) is 10.5 Å². The van der Waals surface area contributed by atoms with Gasteiger partial charge < -0.3 is 14.5 Å². The van der Waals surface area contributed by atoms with Crippen molar-refractivity contribution in [3.63, 3.8) is 0 Å². The van der Waals surface area contributed by atoms with E-state index in [9.17, 15) is 15.3 Å². The normalized spacial score (nSPS) is 16.6. The first-order valence-corrected chi connectivity index (χ1v) is 17.6. The highest BCUT2D eigenvalue weighted by molar-refractivity contribution is 6.74. The van der Waals surface area contributed by atoms with Crippen LogP contribution in [-0.2, 0) is 14.6 Å². The van der Waals surface area contributed by atoms with Gasteiger partial charge in [0.25, 0.3) is 0 Å². The van der Waals surface area contributed by atoms with Crippen molar-refractivity contribution in [2.24, 2.45) is 0 Å². The van der Waals surface area contributed by atoms with Crippen molar-refractivity contribution in [1.29, 1.82) is 10.5 Å². The molecule has 0 spiro atoms. The van der Waals surface area contributed by atoms with Gasteiger partial charge in [0.1, 0.15) is 11.7 Å². The number of benzene rings is 2. The number of fused-ring (bicyclic) bond motifs is 1. The Kier molecular flexibility index (Phi) is 8.67. The molecular weight excluding hydrogens is 568 g/mol. The van der Waals surface area contributed by atoms with E-state index in [0.717, 1.165) is 22.4 Å². The molecule has 0 radical (unpaired) electrons. The van der Waals surface area contributed by atoms with E-state index in [1.807, 2.05) is 39.8 Å². The fourth-order valence-corrected chi connectivity index (χ4v) is 5.92. The van der Waals surface area contributed by atoms with Gasteiger partial charge in [0.15, 0.2) is 8.32 Å². The number of carbonyl (C=O) groups excluding carboxylic acids is 1. The van der Waals surface area contributed by atoms with Crippen LogP contribution >= 0.6 is 0 Å². The number of ether oxygens (including phenoxy) is 1. The van der Waals surface area contributed by atoms with Crippen LogP contribution in [-0.4, -0.2) is 43.1 Å². The molecule has 0 aliphatic carbocycles. The molecule has 0 saturated carbocycles. The zero-order valence-corrected chi connectivity index (χ0v) is 28.4. The van der Waals surface area contributed by atoms with Crippen molar-refractivity contribution in [2.45, 2.75) is 84.5 Å². The average molecular weight is 611 g/mol. The zero-order chi connectivity index (χ0) is 32.7. The van der Waals surface area contributed by atoms with E-state index in [-0.39, 0.29) is 5.04 Å². The number of aromatic nitrogens is 2.